The second kappa shape index (κ2) is 11.4. The van der Waals surface area contributed by atoms with E-state index in [1.807, 2.05) is 78.9 Å². The van der Waals surface area contributed by atoms with E-state index in [1.165, 1.54) is 10.8 Å². The van der Waals surface area contributed by atoms with Crippen LogP contribution in [-0.4, -0.2) is 9.13 Å². The monoisotopic (exact) mass is 635 g/mol. The lowest BCUT2D eigenvalue weighted by Gasteiger charge is -2.16. The second-order valence-electron chi connectivity index (χ2n) is 12.3. The van der Waals surface area contributed by atoms with Gasteiger partial charge in [-0.2, -0.15) is 15.8 Å². The van der Waals surface area contributed by atoms with Crippen LogP contribution in [0.4, 0.5) is 0 Å². The molecule has 0 fully saturated rings. The Balaban J connectivity index is 1.26. The minimum absolute atomic E-state index is 0.522. The second-order valence-corrected chi connectivity index (χ2v) is 12.3. The maximum absolute atomic E-state index is 10.3. The summed E-state index contributed by atoms with van der Waals surface area (Å²) in [4.78, 5) is 0. The first-order chi connectivity index (χ1) is 24.7. The number of nitriles is 3. The van der Waals surface area contributed by atoms with Gasteiger partial charge in [0.25, 0.3) is 0 Å². The molecule has 0 aliphatic heterocycles. The molecule has 0 atom stereocenters. The lowest BCUT2D eigenvalue weighted by molar-refractivity contribution is 1.17. The molecule has 5 heteroatoms. The zero-order chi connectivity index (χ0) is 33.8. The molecule has 0 saturated heterocycles. The zero-order valence-corrected chi connectivity index (χ0v) is 26.7. The average Bonchev–Trinajstić information content (AvgIpc) is 3.70. The molecule has 7 aromatic carbocycles. The number of nitrogens with zero attached hydrogens (tertiary/aromatic N) is 5. The molecule has 2 aromatic heterocycles. The Labute approximate surface area is 287 Å². The van der Waals surface area contributed by atoms with Crippen LogP contribution in [0.1, 0.15) is 16.7 Å². The molecule has 0 aliphatic carbocycles. The van der Waals surface area contributed by atoms with Crippen LogP contribution in [-0.2, 0) is 0 Å². The Morgan fingerprint density at radius 3 is 1.58 bits per heavy atom. The topological polar surface area (TPSA) is 81.2 Å². The number of hydrogen-bond donors (Lipinski definition) is 0. The predicted molar refractivity (Wildman–Crippen MR) is 200 cm³/mol. The normalized spacial score (nSPS) is 11.1. The van der Waals surface area contributed by atoms with Crippen molar-refractivity contribution in [1.82, 2.24) is 9.13 Å². The summed E-state index contributed by atoms with van der Waals surface area (Å²) in [5.74, 6) is 0. The van der Waals surface area contributed by atoms with Gasteiger partial charge in [0.2, 0.25) is 0 Å². The summed E-state index contributed by atoms with van der Waals surface area (Å²) in [5, 5.41) is 34.5. The SMILES string of the molecule is N#Cc1cc(-c2ccc(C#N)c(-n3c4ccccc4c4cc(C#N)ccc43)c2)cc(-c2ccccc2-n2c3ccccc3c3ccccc32)c1. The van der Waals surface area contributed by atoms with Crippen molar-refractivity contribution in [2.24, 2.45) is 0 Å². The molecule has 0 unspecified atom stereocenters. The molecule has 2 heterocycles. The summed E-state index contributed by atoms with van der Waals surface area (Å²) in [6.45, 7) is 0. The highest BCUT2D eigenvalue weighted by Crippen LogP contribution is 2.39. The molecular formula is C45H25N5. The van der Waals surface area contributed by atoms with Crippen LogP contribution in [0.2, 0.25) is 0 Å². The van der Waals surface area contributed by atoms with Crippen molar-refractivity contribution >= 4 is 43.6 Å². The third kappa shape index (κ3) is 4.38. The molecule has 50 heavy (non-hydrogen) atoms. The van der Waals surface area contributed by atoms with Gasteiger partial charge in [-0.1, -0.05) is 78.9 Å². The van der Waals surface area contributed by atoms with Crippen LogP contribution in [0.25, 0.3) is 77.2 Å². The van der Waals surface area contributed by atoms with Gasteiger partial charge in [-0.3, -0.25) is 0 Å². The minimum Gasteiger partial charge on any atom is -0.309 e. The standard InChI is InChI=1S/C45H25N5/c46-26-29-17-20-44-39(23-29)38-12-4-8-16-43(38)50(44)45-25-31(18-19-32(45)28-48)33-21-30(27-47)22-34(24-33)35-9-1-5-13-40(35)49-41-14-6-2-10-36(41)37-11-3-7-15-42(37)49/h1-25H. The van der Waals surface area contributed by atoms with Crippen molar-refractivity contribution in [3.8, 4) is 51.8 Å². The fourth-order valence-electron chi connectivity index (χ4n) is 7.40. The molecular weight excluding hydrogens is 611 g/mol. The number of hydrogen-bond acceptors (Lipinski definition) is 3. The van der Waals surface area contributed by atoms with Gasteiger partial charge in [-0.05, 0) is 89.5 Å². The van der Waals surface area contributed by atoms with Crippen molar-refractivity contribution in [3.05, 3.63) is 168 Å². The Bertz CT molecular complexity index is 2920. The van der Waals surface area contributed by atoms with Crippen LogP contribution >= 0.6 is 0 Å². The highest BCUT2D eigenvalue weighted by molar-refractivity contribution is 6.11. The van der Waals surface area contributed by atoms with E-state index in [0.29, 0.717) is 16.7 Å². The van der Waals surface area contributed by atoms with Crippen molar-refractivity contribution in [2.45, 2.75) is 0 Å². The average molecular weight is 636 g/mol. The molecule has 0 aliphatic rings. The lowest BCUT2D eigenvalue weighted by atomic mass is 9.94. The van der Waals surface area contributed by atoms with Crippen LogP contribution < -0.4 is 0 Å². The molecule has 0 radical (unpaired) electrons. The molecule has 0 N–H and O–H groups in total. The number of fused-ring (bicyclic) bond motifs is 6. The van der Waals surface area contributed by atoms with Crippen LogP contribution in [0.5, 0.6) is 0 Å². The number of para-hydroxylation sites is 4. The van der Waals surface area contributed by atoms with Gasteiger partial charge >= 0.3 is 0 Å². The molecule has 9 aromatic rings. The molecule has 0 saturated carbocycles. The third-order valence-corrected chi connectivity index (χ3v) is 9.59. The first-order valence-electron chi connectivity index (χ1n) is 16.3. The highest BCUT2D eigenvalue weighted by atomic mass is 15.0. The third-order valence-electron chi connectivity index (χ3n) is 9.59. The minimum atomic E-state index is 0.522. The number of aromatic nitrogens is 2. The number of benzene rings is 7. The van der Waals surface area contributed by atoms with Gasteiger partial charge in [0, 0.05) is 27.1 Å². The molecule has 0 amide bonds. The van der Waals surface area contributed by atoms with Gasteiger partial charge in [-0.15, -0.1) is 0 Å². The van der Waals surface area contributed by atoms with Crippen LogP contribution in [0.3, 0.4) is 0 Å². The van der Waals surface area contributed by atoms with E-state index in [-0.39, 0.29) is 0 Å². The van der Waals surface area contributed by atoms with E-state index in [1.54, 1.807) is 0 Å². The smallest absolute Gasteiger partial charge is 0.101 e. The summed E-state index contributed by atoms with van der Waals surface area (Å²) in [6, 6.07) is 57.8. The summed E-state index contributed by atoms with van der Waals surface area (Å²) in [6.07, 6.45) is 0. The lowest BCUT2D eigenvalue weighted by Crippen LogP contribution is -1.99. The van der Waals surface area contributed by atoms with Crippen molar-refractivity contribution < 1.29 is 0 Å². The zero-order valence-electron chi connectivity index (χ0n) is 26.7. The van der Waals surface area contributed by atoms with Crippen molar-refractivity contribution in [3.63, 3.8) is 0 Å². The molecule has 9 rings (SSSR count). The van der Waals surface area contributed by atoms with Crippen molar-refractivity contribution in [2.75, 3.05) is 0 Å². The molecule has 5 nitrogen and oxygen atoms in total. The Hall–Kier alpha value is -7.39. The van der Waals surface area contributed by atoms with E-state index in [9.17, 15) is 15.8 Å². The Morgan fingerprint density at radius 2 is 0.920 bits per heavy atom. The highest BCUT2D eigenvalue weighted by Gasteiger charge is 2.19. The van der Waals surface area contributed by atoms with E-state index in [0.717, 1.165) is 66.5 Å². The van der Waals surface area contributed by atoms with Gasteiger partial charge in [-0.25, -0.2) is 0 Å². The van der Waals surface area contributed by atoms with Crippen molar-refractivity contribution in [1.29, 1.82) is 15.8 Å². The molecule has 230 valence electrons. The van der Waals surface area contributed by atoms with Gasteiger partial charge < -0.3 is 9.13 Å². The van der Waals surface area contributed by atoms with Gasteiger partial charge in [0.15, 0.2) is 0 Å². The van der Waals surface area contributed by atoms with E-state index in [2.05, 4.69) is 100 Å². The quantitative estimate of drug-likeness (QED) is 0.193. The van der Waals surface area contributed by atoms with Gasteiger partial charge in [0.1, 0.15) is 6.07 Å². The summed E-state index contributed by atoms with van der Waals surface area (Å²) >= 11 is 0. The molecule has 0 bridgehead atoms. The Morgan fingerprint density at radius 1 is 0.360 bits per heavy atom. The number of rotatable bonds is 4. The summed E-state index contributed by atoms with van der Waals surface area (Å²) in [7, 11) is 0. The first-order valence-corrected chi connectivity index (χ1v) is 16.3. The van der Waals surface area contributed by atoms with E-state index >= 15 is 0 Å². The first kappa shape index (κ1) is 28.8. The fraction of sp³-hybridized carbons (Fsp3) is 0. The largest absolute Gasteiger partial charge is 0.309 e. The fourth-order valence-corrected chi connectivity index (χ4v) is 7.40. The van der Waals surface area contributed by atoms with Crippen LogP contribution in [0, 0.1) is 34.0 Å². The summed E-state index contributed by atoms with van der Waals surface area (Å²) < 4.78 is 4.40. The van der Waals surface area contributed by atoms with Gasteiger partial charge in [0.05, 0.1) is 62.3 Å². The molecule has 0 spiro atoms. The van der Waals surface area contributed by atoms with E-state index < -0.39 is 0 Å². The predicted octanol–water partition coefficient (Wildman–Crippen LogP) is 10.8. The maximum Gasteiger partial charge on any atom is 0.101 e. The Kier molecular flexibility index (Phi) is 6.56. The van der Waals surface area contributed by atoms with Crippen LogP contribution in [0.15, 0.2) is 152 Å². The maximum atomic E-state index is 10.3. The van der Waals surface area contributed by atoms with E-state index in [4.69, 9.17) is 0 Å². The summed E-state index contributed by atoms with van der Waals surface area (Å²) in [5.41, 5.74) is 11.1.